The van der Waals surface area contributed by atoms with E-state index in [-0.39, 0.29) is 5.54 Å². The van der Waals surface area contributed by atoms with E-state index in [0.29, 0.717) is 0 Å². The van der Waals surface area contributed by atoms with E-state index in [0.717, 1.165) is 25.0 Å². The highest BCUT2D eigenvalue weighted by molar-refractivity contribution is 5.34. The summed E-state index contributed by atoms with van der Waals surface area (Å²) in [5.41, 5.74) is 7.39. The van der Waals surface area contributed by atoms with Crippen molar-refractivity contribution in [2.45, 2.75) is 38.6 Å². The van der Waals surface area contributed by atoms with Crippen LogP contribution in [0.15, 0.2) is 24.3 Å². The zero-order chi connectivity index (χ0) is 11.3. The van der Waals surface area contributed by atoms with Crippen LogP contribution in [-0.2, 0) is 6.42 Å². The maximum Gasteiger partial charge on any atom is 0.122 e. The fraction of sp³-hybridized carbons (Fsp3) is 0.538. The van der Waals surface area contributed by atoms with Crippen molar-refractivity contribution < 1.29 is 4.74 Å². The van der Waals surface area contributed by atoms with Crippen LogP contribution in [0.1, 0.15) is 32.3 Å². The van der Waals surface area contributed by atoms with Gasteiger partial charge >= 0.3 is 0 Å². The first-order valence-corrected chi connectivity index (χ1v) is 5.56. The van der Waals surface area contributed by atoms with Crippen LogP contribution in [0.25, 0.3) is 0 Å². The first-order valence-electron chi connectivity index (χ1n) is 5.56. The van der Waals surface area contributed by atoms with Crippen LogP contribution in [0.4, 0.5) is 0 Å². The Kier molecular flexibility index (Phi) is 4.15. The molecule has 1 rings (SSSR count). The molecule has 0 amide bonds. The summed E-state index contributed by atoms with van der Waals surface area (Å²) < 4.78 is 5.32. The summed E-state index contributed by atoms with van der Waals surface area (Å²) in [5.74, 6) is 0.939. The molecule has 1 aromatic rings. The number of hydrogen-bond acceptors (Lipinski definition) is 2. The van der Waals surface area contributed by atoms with Crippen molar-refractivity contribution in [3.63, 3.8) is 0 Å². The number of hydrogen-bond donors (Lipinski definition) is 1. The third kappa shape index (κ3) is 2.96. The van der Waals surface area contributed by atoms with Gasteiger partial charge in [0.15, 0.2) is 0 Å². The normalized spacial score (nSPS) is 11.5. The lowest BCUT2D eigenvalue weighted by Gasteiger charge is -2.27. The van der Waals surface area contributed by atoms with Crippen LogP contribution in [-0.4, -0.2) is 12.6 Å². The topological polar surface area (TPSA) is 35.2 Å². The van der Waals surface area contributed by atoms with E-state index in [1.165, 1.54) is 5.56 Å². The molecule has 2 N–H and O–H groups in total. The molecule has 2 heteroatoms. The van der Waals surface area contributed by atoms with Crippen molar-refractivity contribution in [3.8, 4) is 5.75 Å². The van der Waals surface area contributed by atoms with Gasteiger partial charge in [-0.25, -0.2) is 0 Å². The molecule has 0 aliphatic carbocycles. The summed E-state index contributed by atoms with van der Waals surface area (Å²) in [5, 5.41) is 0. The quantitative estimate of drug-likeness (QED) is 0.805. The van der Waals surface area contributed by atoms with Crippen molar-refractivity contribution in [1.29, 1.82) is 0 Å². The minimum Gasteiger partial charge on any atom is -0.496 e. The lowest BCUT2D eigenvalue weighted by atomic mass is 9.86. The standard InChI is InChI=1S/C13H21NO/c1-4-13(14,5-2)10-11-8-6-7-9-12(11)15-3/h6-9H,4-5,10,14H2,1-3H3. The second-order valence-corrected chi connectivity index (χ2v) is 4.06. The molecule has 2 nitrogen and oxygen atoms in total. The van der Waals surface area contributed by atoms with Crippen molar-refractivity contribution in [3.05, 3.63) is 29.8 Å². The molecule has 84 valence electrons. The van der Waals surface area contributed by atoms with Crippen LogP contribution in [0.2, 0.25) is 0 Å². The Labute approximate surface area is 92.4 Å². The Morgan fingerprint density at radius 1 is 1.20 bits per heavy atom. The summed E-state index contributed by atoms with van der Waals surface area (Å²) in [7, 11) is 1.70. The Morgan fingerprint density at radius 3 is 2.33 bits per heavy atom. The number of benzene rings is 1. The molecule has 0 aliphatic rings. The van der Waals surface area contributed by atoms with Crippen LogP contribution < -0.4 is 10.5 Å². The van der Waals surface area contributed by atoms with Gasteiger partial charge in [-0.2, -0.15) is 0 Å². The molecule has 0 radical (unpaired) electrons. The van der Waals surface area contributed by atoms with Gasteiger partial charge in [-0.15, -0.1) is 0 Å². The zero-order valence-electron chi connectivity index (χ0n) is 9.92. The molecule has 0 saturated carbocycles. The van der Waals surface area contributed by atoms with Gasteiger partial charge in [0.2, 0.25) is 0 Å². The molecule has 0 aromatic heterocycles. The second kappa shape index (κ2) is 5.17. The number of rotatable bonds is 5. The van der Waals surface area contributed by atoms with E-state index >= 15 is 0 Å². The van der Waals surface area contributed by atoms with E-state index in [9.17, 15) is 0 Å². The van der Waals surface area contributed by atoms with Gasteiger partial charge in [-0.3, -0.25) is 0 Å². The smallest absolute Gasteiger partial charge is 0.122 e. The number of ether oxygens (including phenoxy) is 1. The molecule has 0 unspecified atom stereocenters. The van der Waals surface area contributed by atoms with Crippen LogP contribution in [0.3, 0.4) is 0 Å². The summed E-state index contributed by atoms with van der Waals surface area (Å²) in [6, 6.07) is 8.09. The first kappa shape index (κ1) is 12.1. The molecular formula is C13H21NO. The van der Waals surface area contributed by atoms with Gasteiger partial charge in [-0.1, -0.05) is 32.0 Å². The minimum atomic E-state index is -0.103. The van der Waals surface area contributed by atoms with E-state index < -0.39 is 0 Å². The predicted octanol–water partition coefficient (Wildman–Crippen LogP) is 2.76. The van der Waals surface area contributed by atoms with Gasteiger partial charge in [0.1, 0.15) is 5.75 Å². The Hall–Kier alpha value is -1.02. The van der Waals surface area contributed by atoms with Crippen molar-refractivity contribution >= 4 is 0 Å². The molecule has 0 heterocycles. The lowest BCUT2D eigenvalue weighted by Crippen LogP contribution is -2.40. The first-order chi connectivity index (χ1) is 7.15. The van der Waals surface area contributed by atoms with Gasteiger partial charge in [0.05, 0.1) is 7.11 Å². The highest BCUT2D eigenvalue weighted by Crippen LogP contribution is 2.25. The molecule has 0 aliphatic heterocycles. The van der Waals surface area contributed by atoms with E-state index in [1.807, 2.05) is 18.2 Å². The highest BCUT2D eigenvalue weighted by atomic mass is 16.5. The SMILES string of the molecule is CCC(N)(CC)Cc1ccccc1OC. The third-order valence-electron chi connectivity index (χ3n) is 3.14. The van der Waals surface area contributed by atoms with Gasteiger partial charge in [-0.05, 0) is 30.9 Å². The molecule has 15 heavy (non-hydrogen) atoms. The Bertz CT molecular complexity index is 305. The van der Waals surface area contributed by atoms with Crippen molar-refractivity contribution in [1.82, 2.24) is 0 Å². The van der Waals surface area contributed by atoms with E-state index in [4.69, 9.17) is 10.5 Å². The largest absolute Gasteiger partial charge is 0.496 e. The molecule has 1 aromatic carbocycles. The van der Waals surface area contributed by atoms with E-state index in [2.05, 4.69) is 19.9 Å². The average molecular weight is 207 g/mol. The van der Waals surface area contributed by atoms with Crippen LogP contribution in [0.5, 0.6) is 5.75 Å². The number of methoxy groups -OCH3 is 1. The summed E-state index contributed by atoms with van der Waals surface area (Å²) in [6.45, 7) is 4.28. The molecule has 0 fully saturated rings. The lowest BCUT2D eigenvalue weighted by molar-refractivity contribution is 0.372. The zero-order valence-corrected chi connectivity index (χ0v) is 9.92. The minimum absolute atomic E-state index is 0.103. The Morgan fingerprint density at radius 2 is 1.80 bits per heavy atom. The van der Waals surface area contributed by atoms with Gasteiger partial charge in [0.25, 0.3) is 0 Å². The molecule has 0 spiro atoms. The summed E-state index contributed by atoms with van der Waals surface area (Å²) >= 11 is 0. The summed E-state index contributed by atoms with van der Waals surface area (Å²) in [4.78, 5) is 0. The number of nitrogens with two attached hydrogens (primary N) is 1. The third-order valence-corrected chi connectivity index (χ3v) is 3.14. The fourth-order valence-electron chi connectivity index (χ4n) is 1.73. The predicted molar refractivity (Wildman–Crippen MR) is 64.2 cm³/mol. The Balaban J connectivity index is 2.87. The average Bonchev–Trinajstić information content (AvgIpc) is 2.29. The van der Waals surface area contributed by atoms with Crippen LogP contribution in [0, 0.1) is 0 Å². The molecule has 0 atom stereocenters. The van der Waals surface area contributed by atoms with Crippen molar-refractivity contribution in [2.24, 2.45) is 5.73 Å². The van der Waals surface area contributed by atoms with Crippen molar-refractivity contribution in [2.75, 3.05) is 7.11 Å². The monoisotopic (exact) mass is 207 g/mol. The molecular weight excluding hydrogens is 186 g/mol. The second-order valence-electron chi connectivity index (χ2n) is 4.06. The maximum atomic E-state index is 6.30. The van der Waals surface area contributed by atoms with E-state index in [1.54, 1.807) is 7.11 Å². The van der Waals surface area contributed by atoms with Gasteiger partial charge < -0.3 is 10.5 Å². The summed E-state index contributed by atoms with van der Waals surface area (Å²) in [6.07, 6.45) is 2.85. The highest BCUT2D eigenvalue weighted by Gasteiger charge is 2.22. The molecule has 0 saturated heterocycles. The fourth-order valence-corrected chi connectivity index (χ4v) is 1.73. The van der Waals surface area contributed by atoms with Gasteiger partial charge in [0, 0.05) is 5.54 Å². The van der Waals surface area contributed by atoms with Crippen LogP contribution >= 0.6 is 0 Å². The molecule has 0 bridgehead atoms. The maximum absolute atomic E-state index is 6.30. The number of para-hydroxylation sites is 1.